The van der Waals surface area contributed by atoms with Crippen molar-refractivity contribution in [2.24, 2.45) is 0 Å². The number of hydrogen-bond donors (Lipinski definition) is 1. The molecular weight excluding hydrogens is 480 g/mol. The Hall–Kier alpha value is -2.82. The van der Waals surface area contributed by atoms with E-state index < -0.39 is 32.5 Å². The first kappa shape index (κ1) is 24.3. The van der Waals surface area contributed by atoms with E-state index in [1.54, 1.807) is 24.4 Å². The van der Waals surface area contributed by atoms with Crippen LogP contribution in [0.5, 0.6) is 0 Å². The van der Waals surface area contributed by atoms with E-state index in [0.717, 1.165) is 47.8 Å². The number of sulfonamides is 1. The van der Waals surface area contributed by atoms with Crippen molar-refractivity contribution < 1.29 is 22.0 Å². The van der Waals surface area contributed by atoms with Gasteiger partial charge in [-0.1, -0.05) is 12.1 Å². The average molecular weight is 506 g/mol. The minimum atomic E-state index is -4.50. The Morgan fingerprint density at radius 2 is 1.68 bits per heavy atom. The Labute approximate surface area is 201 Å². The fourth-order valence-electron chi connectivity index (χ4n) is 4.49. The number of carbonyl (C=O) groups excluding carboxylic acids is 1. The second kappa shape index (κ2) is 9.44. The predicted octanol–water partition coefficient (Wildman–Crippen LogP) is 5.09. The number of benzene rings is 2. The Kier molecular flexibility index (Phi) is 6.75. The van der Waals surface area contributed by atoms with E-state index in [1.807, 2.05) is 19.9 Å². The van der Waals surface area contributed by atoms with Crippen molar-refractivity contribution in [3.05, 3.63) is 75.0 Å². The van der Waals surface area contributed by atoms with Gasteiger partial charge in [0.25, 0.3) is 15.9 Å². The lowest BCUT2D eigenvalue weighted by Gasteiger charge is -2.31. The number of anilines is 2. The summed E-state index contributed by atoms with van der Waals surface area (Å²) in [5, 5.41) is 2.69. The normalized spacial score (nSPS) is 14.0. The van der Waals surface area contributed by atoms with Crippen LogP contribution in [0, 0.1) is 32.4 Å². The summed E-state index contributed by atoms with van der Waals surface area (Å²) >= 11 is 1.17. The summed E-state index contributed by atoms with van der Waals surface area (Å²) in [6.45, 7) is 7.39. The second-order valence-corrected chi connectivity index (χ2v) is 11.0. The highest BCUT2D eigenvalue weighted by atomic mass is 32.2. The van der Waals surface area contributed by atoms with E-state index in [0.29, 0.717) is 34.3 Å². The van der Waals surface area contributed by atoms with Crippen LogP contribution in [0.2, 0.25) is 0 Å². The molecule has 10 heteroatoms. The molecule has 1 fully saturated rings. The van der Waals surface area contributed by atoms with Gasteiger partial charge in [-0.25, -0.2) is 22.2 Å². The molecule has 0 saturated carbocycles. The van der Waals surface area contributed by atoms with Gasteiger partial charge in [-0.2, -0.15) is 0 Å². The van der Waals surface area contributed by atoms with Crippen molar-refractivity contribution in [1.82, 2.24) is 4.83 Å². The summed E-state index contributed by atoms with van der Waals surface area (Å²) in [6, 6.07) is 7.21. The van der Waals surface area contributed by atoms with Crippen molar-refractivity contribution in [1.29, 1.82) is 0 Å². The molecule has 1 amide bonds. The van der Waals surface area contributed by atoms with Crippen LogP contribution in [0.1, 0.15) is 39.2 Å². The lowest BCUT2D eigenvalue weighted by molar-refractivity contribution is 0.0985. The van der Waals surface area contributed by atoms with Gasteiger partial charge in [-0.05, 0) is 73.9 Å². The van der Waals surface area contributed by atoms with Crippen LogP contribution in [-0.4, -0.2) is 27.4 Å². The van der Waals surface area contributed by atoms with E-state index in [2.05, 4.69) is 9.73 Å². The number of rotatable bonds is 6. The van der Waals surface area contributed by atoms with Gasteiger partial charge in [0, 0.05) is 24.8 Å². The van der Waals surface area contributed by atoms with Crippen LogP contribution in [0.3, 0.4) is 0 Å². The van der Waals surface area contributed by atoms with Gasteiger partial charge >= 0.3 is 0 Å². The van der Waals surface area contributed by atoms with Crippen molar-refractivity contribution >= 4 is 38.6 Å². The quantitative estimate of drug-likeness (QED) is 0.474. The zero-order valence-electron chi connectivity index (χ0n) is 19.1. The van der Waals surface area contributed by atoms with Gasteiger partial charge in [0.05, 0.1) is 15.5 Å². The SMILES string of the molecule is Cc1cc(C)c(N(NS(=O)(=O)c2cc(F)cc(F)c2)C(=O)c2cccs2)c(C)c1N1CCCC1. The summed E-state index contributed by atoms with van der Waals surface area (Å²) in [5.41, 5.74) is 3.82. The lowest BCUT2D eigenvalue weighted by atomic mass is 10.0. The number of hydrogen-bond acceptors (Lipinski definition) is 5. The van der Waals surface area contributed by atoms with Crippen molar-refractivity contribution in [2.75, 3.05) is 23.0 Å². The summed E-state index contributed by atoms with van der Waals surface area (Å²) in [4.78, 5) is 17.8. The number of amides is 1. The summed E-state index contributed by atoms with van der Waals surface area (Å²) in [7, 11) is -4.50. The van der Waals surface area contributed by atoms with Crippen molar-refractivity contribution in [3.8, 4) is 0 Å². The third kappa shape index (κ3) is 4.70. The monoisotopic (exact) mass is 505 g/mol. The largest absolute Gasteiger partial charge is 0.371 e. The Morgan fingerprint density at radius 1 is 1.03 bits per heavy atom. The number of halogens is 2. The molecule has 1 N–H and O–H groups in total. The standard InChI is InChI=1S/C24H25F2N3O3S2/c1-15-11-16(2)23(17(3)22(15)28-8-4-5-9-28)29(24(30)21-7-6-10-33-21)27-34(31,32)20-13-18(25)12-19(26)14-20/h6-7,10-14,27H,4-5,8-9H2,1-3H3. The van der Waals surface area contributed by atoms with Crippen LogP contribution >= 0.6 is 11.3 Å². The molecular formula is C24H25F2N3O3S2. The maximum Gasteiger partial charge on any atom is 0.283 e. The molecule has 0 spiro atoms. The molecule has 4 rings (SSSR count). The number of nitrogens with zero attached hydrogens (tertiary/aromatic N) is 2. The van der Waals surface area contributed by atoms with Crippen LogP contribution < -0.4 is 14.7 Å². The highest BCUT2D eigenvalue weighted by molar-refractivity contribution is 7.89. The predicted molar refractivity (Wildman–Crippen MR) is 130 cm³/mol. The molecule has 2 heterocycles. The van der Waals surface area contributed by atoms with E-state index >= 15 is 0 Å². The smallest absolute Gasteiger partial charge is 0.283 e. The first-order valence-corrected chi connectivity index (χ1v) is 13.2. The second-order valence-electron chi connectivity index (χ2n) is 8.34. The van der Waals surface area contributed by atoms with Gasteiger partial charge in [0.2, 0.25) is 0 Å². The molecule has 1 aromatic heterocycles. The molecule has 34 heavy (non-hydrogen) atoms. The van der Waals surface area contributed by atoms with Gasteiger partial charge < -0.3 is 4.90 Å². The van der Waals surface area contributed by atoms with Crippen LogP contribution in [0.25, 0.3) is 0 Å². The third-order valence-corrected chi connectivity index (χ3v) is 7.97. The average Bonchev–Trinajstić information content (AvgIpc) is 3.46. The molecule has 3 aromatic rings. The summed E-state index contributed by atoms with van der Waals surface area (Å²) < 4.78 is 53.9. The van der Waals surface area contributed by atoms with Gasteiger partial charge in [0.1, 0.15) is 11.6 Å². The van der Waals surface area contributed by atoms with E-state index in [-0.39, 0.29) is 0 Å². The first-order chi connectivity index (χ1) is 16.1. The van der Waals surface area contributed by atoms with Gasteiger partial charge in [-0.15, -0.1) is 16.2 Å². The highest BCUT2D eigenvalue weighted by Gasteiger charge is 2.30. The molecule has 6 nitrogen and oxygen atoms in total. The number of thiophene rings is 1. The number of aryl methyl sites for hydroxylation is 2. The van der Waals surface area contributed by atoms with Crippen molar-refractivity contribution in [3.63, 3.8) is 0 Å². The maximum atomic E-state index is 13.8. The molecule has 1 saturated heterocycles. The molecule has 0 bridgehead atoms. The lowest BCUT2D eigenvalue weighted by Crippen LogP contribution is -2.47. The molecule has 0 radical (unpaired) electrons. The van der Waals surface area contributed by atoms with E-state index in [9.17, 15) is 22.0 Å². The van der Waals surface area contributed by atoms with Crippen LogP contribution in [-0.2, 0) is 10.0 Å². The Bertz CT molecular complexity index is 1320. The fraction of sp³-hybridized carbons (Fsp3) is 0.292. The third-order valence-electron chi connectivity index (χ3n) is 5.83. The minimum absolute atomic E-state index is 0.315. The molecule has 0 atom stereocenters. The van der Waals surface area contributed by atoms with E-state index in [4.69, 9.17) is 0 Å². The number of hydrazine groups is 1. The maximum absolute atomic E-state index is 13.8. The molecule has 180 valence electrons. The number of nitrogens with one attached hydrogen (secondary N) is 1. The van der Waals surface area contributed by atoms with Crippen LogP contribution in [0.4, 0.5) is 20.2 Å². The summed E-state index contributed by atoms with van der Waals surface area (Å²) in [6.07, 6.45) is 2.11. The zero-order valence-corrected chi connectivity index (χ0v) is 20.7. The zero-order chi connectivity index (χ0) is 24.6. The summed E-state index contributed by atoms with van der Waals surface area (Å²) in [5.74, 6) is -2.65. The highest BCUT2D eigenvalue weighted by Crippen LogP contribution is 2.38. The fourth-order valence-corrected chi connectivity index (χ4v) is 6.20. The van der Waals surface area contributed by atoms with Gasteiger partial charge in [-0.3, -0.25) is 4.79 Å². The van der Waals surface area contributed by atoms with E-state index in [1.165, 1.54) is 11.3 Å². The topological polar surface area (TPSA) is 69.7 Å². The number of carbonyl (C=O) groups is 1. The Morgan fingerprint density at radius 3 is 2.26 bits per heavy atom. The van der Waals surface area contributed by atoms with Gasteiger partial charge in [0.15, 0.2) is 0 Å². The first-order valence-electron chi connectivity index (χ1n) is 10.8. The minimum Gasteiger partial charge on any atom is -0.371 e. The molecule has 1 aliphatic heterocycles. The molecule has 2 aromatic carbocycles. The van der Waals surface area contributed by atoms with Crippen LogP contribution in [0.15, 0.2) is 46.7 Å². The molecule has 1 aliphatic rings. The molecule has 0 unspecified atom stereocenters. The van der Waals surface area contributed by atoms with Crippen molar-refractivity contribution in [2.45, 2.75) is 38.5 Å². The molecule has 0 aliphatic carbocycles. The Balaban J connectivity index is 1.86.